The first kappa shape index (κ1) is 23.3. The second kappa shape index (κ2) is 11.0. The number of carboxylic acids is 3. The van der Waals surface area contributed by atoms with Gasteiger partial charge in [-0.1, -0.05) is 13.8 Å². The molecule has 0 spiro atoms. The Morgan fingerprint density at radius 3 is 1.92 bits per heavy atom. The fourth-order valence-electron chi connectivity index (χ4n) is 2.03. The number of hydrogen-bond acceptors (Lipinski definition) is 6. The number of nitrogens with two attached hydrogens (primary N) is 1. The zero-order chi connectivity index (χ0) is 20.4. The molecule has 2 amide bonds. The van der Waals surface area contributed by atoms with E-state index in [-0.39, 0.29) is 25.2 Å². The maximum Gasteiger partial charge on any atom is 0.326 e. The Labute approximate surface area is 149 Å². The van der Waals surface area contributed by atoms with Crippen LogP contribution in [0.5, 0.6) is 0 Å². The van der Waals surface area contributed by atoms with Crippen molar-refractivity contribution in [2.24, 2.45) is 11.7 Å². The van der Waals surface area contributed by atoms with Crippen LogP contribution in [-0.2, 0) is 24.0 Å². The van der Waals surface area contributed by atoms with Crippen LogP contribution in [0.1, 0.15) is 39.5 Å². The minimum atomic E-state index is -1.63. The predicted molar refractivity (Wildman–Crippen MR) is 88.1 cm³/mol. The Balaban J connectivity index is 4.92. The summed E-state index contributed by atoms with van der Waals surface area (Å²) in [6, 6.07) is -3.93. The summed E-state index contributed by atoms with van der Waals surface area (Å²) >= 11 is 0. The van der Waals surface area contributed by atoms with Crippen molar-refractivity contribution in [3.8, 4) is 0 Å². The summed E-state index contributed by atoms with van der Waals surface area (Å²) in [4.78, 5) is 56.5. The molecule has 0 aromatic heterocycles. The highest BCUT2D eigenvalue weighted by atomic mass is 16.4. The largest absolute Gasteiger partial charge is 0.481 e. The lowest BCUT2D eigenvalue weighted by atomic mass is 10.0. The van der Waals surface area contributed by atoms with Gasteiger partial charge >= 0.3 is 17.9 Å². The molecule has 26 heavy (non-hydrogen) atoms. The number of nitrogens with one attached hydrogen (secondary N) is 2. The van der Waals surface area contributed by atoms with E-state index in [1.807, 2.05) is 0 Å². The van der Waals surface area contributed by atoms with E-state index in [9.17, 15) is 24.0 Å². The molecule has 11 nitrogen and oxygen atoms in total. The highest BCUT2D eigenvalue weighted by molar-refractivity contribution is 5.91. The van der Waals surface area contributed by atoms with E-state index in [1.54, 1.807) is 13.8 Å². The Morgan fingerprint density at radius 2 is 1.50 bits per heavy atom. The molecule has 0 saturated carbocycles. The molecule has 0 aromatic rings. The first-order valence-electron chi connectivity index (χ1n) is 7.96. The Bertz CT molecular complexity index is 549. The minimum Gasteiger partial charge on any atom is -0.481 e. The highest BCUT2D eigenvalue weighted by Gasteiger charge is 2.28. The van der Waals surface area contributed by atoms with Gasteiger partial charge in [0.15, 0.2) is 0 Å². The minimum absolute atomic E-state index is 0.0323. The van der Waals surface area contributed by atoms with E-state index >= 15 is 0 Å². The Kier molecular flexibility index (Phi) is 9.89. The average Bonchev–Trinajstić information content (AvgIpc) is 2.49. The van der Waals surface area contributed by atoms with Crippen LogP contribution >= 0.6 is 0 Å². The van der Waals surface area contributed by atoms with Crippen LogP contribution in [0, 0.1) is 5.92 Å². The Hall–Kier alpha value is -2.69. The van der Waals surface area contributed by atoms with E-state index in [2.05, 4.69) is 10.6 Å². The summed E-state index contributed by atoms with van der Waals surface area (Å²) in [6.07, 6.45) is -0.986. The number of carbonyl (C=O) groups excluding carboxylic acids is 2. The number of amides is 2. The second-order valence-electron chi connectivity index (χ2n) is 6.23. The molecule has 0 saturated heterocycles. The van der Waals surface area contributed by atoms with Crippen LogP contribution in [0.2, 0.25) is 0 Å². The summed E-state index contributed by atoms with van der Waals surface area (Å²) in [7, 11) is 0. The maximum absolute atomic E-state index is 12.3. The highest BCUT2D eigenvalue weighted by Crippen LogP contribution is 2.07. The number of carbonyl (C=O) groups is 5. The van der Waals surface area contributed by atoms with Gasteiger partial charge in [-0.05, 0) is 18.8 Å². The van der Waals surface area contributed by atoms with Crippen LogP contribution in [0.4, 0.5) is 0 Å². The standard InChI is InChI=1S/C15H25N3O8/c1-7(2)5-9(17-11(19)4-3-8(16)14(23)24)13(22)18-10(15(25)26)6-12(20)21/h7-10H,3-6,16H2,1-2H3,(H,17,19)(H,18,22)(H,20,21)(H,23,24)(H,25,26)/t8-,9-,10-/m0/s1. The summed E-state index contributed by atoms with van der Waals surface area (Å²) in [5.74, 6) is -5.65. The third-order valence-corrected chi connectivity index (χ3v) is 3.35. The van der Waals surface area contributed by atoms with E-state index in [0.29, 0.717) is 0 Å². The first-order chi connectivity index (χ1) is 11.9. The van der Waals surface area contributed by atoms with Gasteiger partial charge in [-0.3, -0.25) is 19.2 Å². The van der Waals surface area contributed by atoms with Crippen molar-refractivity contribution < 1.29 is 39.3 Å². The van der Waals surface area contributed by atoms with Crippen molar-refractivity contribution in [2.75, 3.05) is 0 Å². The molecule has 0 heterocycles. The molecule has 0 aliphatic heterocycles. The quantitative estimate of drug-likeness (QED) is 0.241. The monoisotopic (exact) mass is 375 g/mol. The van der Waals surface area contributed by atoms with Gasteiger partial charge in [0.2, 0.25) is 11.8 Å². The molecule has 0 aromatic carbocycles. The molecule has 0 bridgehead atoms. The molecule has 0 unspecified atom stereocenters. The molecule has 0 aliphatic rings. The van der Waals surface area contributed by atoms with Gasteiger partial charge in [0.25, 0.3) is 0 Å². The topological polar surface area (TPSA) is 196 Å². The Morgan fingerprint density at radius 1 is 0.923 bits per heavy atom. The van der Waals surface area contributed by atoms with Crippen LogP contribution in [0.3, 0.4) is 0 Å². The summed E-state index contributed by atoms with van der Waals surface area (Å²) in [5.41, 5.74) is 5.30. The molecule has 0 rings (SSSR count). The van der Waals surface area contributed by atoms with Crippen LogP contribution in [0.15, 0.2) is 0 Å². The summed E-state index contributed by atoms with van der Waals surface area (Å²) in [5, 5.41) is 30.8. The van der Waals surface area contributed by atoms with E-state index in [0.717, 1.165) is 0 Å². The number of rotatable bonds is 12. The molecule has 7 N–H and O–H groups in total. The van der Waals surface area contributed by atoms with Gasteiger partial charge in [-0.25, -0.2) is 4.79 Å². The molecular formula is C15H25N3O8. The van der Waals surface area contributed by atoms with Gasteiger partial charge in [0.05, 0.1) is 6.42 Å². The van der Waals surface area contributed by atoms with E-state index in [1.165, 1.54) is 0 Å². The maximum atomic E-state index is 12.3. The molecule has 0 radical (unpaired) electrons. The van der Waals surface area contributed by atoms with E-state index < -0.39 is 54.3 Å². The average molecular weight is 375 g/mol. The zero-order valence-corrected chi connectivity index (χ0v) is 14.6. The molecule has 3 atom stereocenters. The number of carboxylic acid groups (broad SMARTS) is 3. The van der Waals surface area contributed by atoms with Crippen LogP contribution in [-0.4, -0.2) is 63.2 Å². The third-order valence-electron chi connectivity index (χ3n) is 3.35. The third kappa shape index (κ3) is 9.57. The number of hydrogen-bond donors (Lipinski definition) is 6. The van der Waals surface area contributed by atoms with Crippen molar-refractivity contribution in [1.29, 1.82) is 0 Å². The smallest absolute Gasteiger partial charge is 0.326 e. The normalized spacial score (nSPS) is 14.2. The number of aliphatic carboxylic acids is 3. The molecule has 0 fully saturated rings. The predicted octanol–water partition coefficient (Wildman–Crippen LogP) is -1.25. The molecule has 0 aliphatic carbocycles. The lowest BCUT2D eigenvalue weighted by Crippen LogP contribution is -2.52. The van der Waals surface area contributed by atoms with Crippen molar-refractivity contribution in [3.05, 3.63) is 0 Å². The lowest BCUT2D eigenvalue weighted by molar-refractivity contribution is -0.147. The van der Waals surface area contributed by atoms with Crippen molar-refractivity contribution in [1.82, 2.24) is 10.6 Å². The molecule has 11 heteroatoms. The SMILES string of the molecule is CC(C)C[C@H](NC(=O)CC[C@H](N)C(=O)O)C(=O)N[C@@H](CC(=O)O)C(=O)O. The fraction of sp³-hybridized carbons (Fsp3) is 0.667. The van der Waals surface area contributed by atoms with Crippen LogP contribution in [0.25, 0.3) is 0 Å². The van der Waals surface area contributed by atoms with Gasteiger partial charge < -0.3 is 31.7 Å². The fourth-order valence-corrected chi connectivity index (χ4v) is 2.03. The van der Waals surface area contributed by atoms with Crippen molar-refractivity contribution in [2.45, 2.75) is 57.7 Å². The van der Waals surface area contributed by atoms with Crippen molar-refractivity contribution in [3.63, 3.8) is 0 Å². The molecular weight excluding hydrogens is 350 g/mol. The molecule has 148 valence electrons. The summed E-state index contributed by atoms with van der Waals surface area (Å²) < 4.78 is 0. The zero-order valence-electron chi connectivity index (χ0n) is 14.6. The van der Waals surface area contributed by atoms with E-state index in [4.69, 9.17) is 21.1 Å². The van der Waals surface area contributed by atoms with Gasteiger partial charge in [0.1, 0.15) is 18.1 Å². The first-order valence-corrected chi connectivity index (χ1v) is 7.96. The summed E-state index contributed by atoms with van der Waals surface area (Å²) in [6.45, 7) is 3.55. The van der Waals surface area contributed by atoms with Gasteiger partial charge in [-0.2, -0.15) is 0 Å². The lowest BCUT2D eigenvalue weighted by Gasteiger charge is -2.22. The van der Waals surface area contributed by atoms with Gasteiger partial charge in [0, 0.05) is 6.42 Å². The van der Waals surface area contributed by atoms with Crippen molar-refractivity contribution >= 4 is 29.7 Å². The van der Waals surface area contributed by atoms with Gasteiger partial charge in [-0.15, -0.1) is 0 Å². The van der Waals surface area contributed by atoms with Crippen LogP contribution < -0.4 is 16.4 Å². The second-order valence-corrected chi connectivity index (χ2v) is 6.23.